The maximum absolute atomic E-state index is 3.51. The Morgan fingerprint density at radius 1 is 1.25 bits per heavy atom. The molecule has 0 aromatic heterocycles. The van der Waals surface area contributed by atoms with E-state index in [1.54, 1.807) is 0 Å². The molecule has 0 amide bonds. The van der Waals surface area contributed by atoms with Gasteiger partial charge in [-0.3, -0.25) is 0 Å². The SMILES string of the molecule is CC(C)Sc1ccc(C2NCC2(C)C)cc1. The highest BCUT2D eigenvalue weighted by Gasteiger charge is 2.38. The number of rotatable bonds is 3. The van der Waals surface area contributed by atoms with E-state index in [2.05, 4.69) is 57.3 Å². The number of thioether (sulfide) groups is 1. The lowest BCUT2D eigenvalue weighted by Crippen LogP contribution is -2.52. The van der Waals surface area contributed by atoms with Crippen molar-refractivity contribution in [2.24, 2.45) is 5.41 Å². The van der Waals surface area contributed by atoms with E-state index >= 15 is 0 Å². The molecule has 1 aliphatic heterocycles. The maximum atomic E-state index is 3.51. The second-order valence-corrected chi connectivity index (χ2v) is 7.19. The predicted molar refractivity (Wildman–Crippen MR) is 72.0 cm³/mol. The summed E-state index contributed by atoms with van der Waals surface area (Å²) in [6.45, 7) is 10.2. The van der Waals surface area contributed by atoms with Gasteiger partial charge in [-0.05, 0) is 23.1 Å². The lowest BCUT2D eigenvalue weighted by molar-refractivity contribution is 0.128. The van der Waals surface area contributed by atoms with Gasteiger partial charge in [0.2, 0.25) is 0 Å². The Labute approximate surface area is 103 Å². The summed E-state index contributed by atoms with van der Waals surface area (Å²) < 4.78 is 0. The molecule has 0 radical (unpaired) electrons. The van der Waals surface area contributed by atoms with Crippen molar-refractivity contribution in [2.75, 3.05) is 6.54 Å². The molecule has 1 aromatic rings. The highest BCUT2D eigenvalue weighted by atomic mass is 32.2. The van der Waals surface area contributed by atoms with Gasteiger partial charge in [0.25, 0.3) is 0 Å². The van der Waals surface area contributed by atoms with Crippen LogP contribution < -0.4 is 5.32 Å². The highest BCUT2D eigenvalue weighted by molar-refractivity contribution is 7.99. The first-order chi connectivity index (χ1) is 7.49. The zero-order valence-corrected chi connectivity index (χ0v) is 11.4. The molecule has 1 atom stereocenters. The highest BCUT2D eigenvalue weighted by Crippen LogP contribution is 2.40. The normalized spacial score (nSPS) is 23.2. The summed E-state index contributed by atoms with van der Waals surface area (Å²) in [6, 6.07) is 9.56. The minimum atomic E-state index is 0.409. The topological polar surface area (TPSA) is 12.0 Å². The third kappa shape index (κ3) is 2.44. The summed E-state index contributed by atoms with van der Waals surface area (Å²) in [5, 5.41) is 4.16. The summed E-state index contributed by atoms with van der Waals surface area (Å²) >= 11 is 1.92. The average molecular weight is 235 g/mol. The van der Waals surface area contributed by atoms with Gasteiger partial charge in [-0.25, -0.2) is 0 Å². The van der Waals surface area contributed by atoms with E-state index in [1.165, 1.54) is 10.5 Å². The largest absolute Gasteiger partial charge is 0.309 e. The second-order valence-electron chi connectivity index (χ2n) is 5.54. The molecule has 2 rings (SSSR count). The van der Waals surface area contributed by atoms with Crippen molar-refractivity contribution in [3.05, 3.63) is 29.8 Å². The van der Waals surface area contributed by atoms with Crippen LogP contribution >= 0.6 is 11.8 Å². The monoisotopic (exact) mass is 235 g/mol. The van der Waals surface area contributed by atoms with Gasteiger partial charge in [0.15, 0.2) is 0 Å². The van der Waals surface area contributed by atoms with E-state index in [4.69, 9.17) is 0 Å². The van der Waals surface area contributed by atoms with Crippen LogP contribution in [-0.4, -0.2) is 11.8 Å². The Morgan fingerprint density at radius 3 is 2.25 bits per heavy atom. The van der Waals surface area contributed by atoms with E-state index in [-0.39, 0.29) is 0 Å². The summed E-state index contributed by atoms with van der Waals surface area (Å²) in [5.74, 6) is 0. The molecule has 0 spiro atoms. The van der Waals surface area contributed by atoms with E-state index in [9.17, 15) is 0 Å². The third-order valence-electron chi connectivity index (χ3n) is 3.13. The van der Waals surface area contributed by atoms with E-state index in [0.717, 1.165) is 6.54 Å². The molecular formula is C14H21NS. The maximum Gasteiger partial charge on any atom is 0.0384 e. The Morgan fingerprint density at radius 2 is 1.88 bits per heavy atom. The average Bonchev–Trinajstić information content (AvgIpc) is 2.19. The van der Waals surface area contributed by atoms with Gasteiger partial charge in [-0.15, -0.1) is 11.8 Å². The smallest absolute Gasteiger partial charge is 0.0384 e. The predicted octanol–water partition coefficient (Wildman–Crippen LogP) is 3.86. The van der Waals surface area contributed by atoms with Crippen molar-refractivity contribution in [1.29, 1.82) is 0 Å². The van der Waals surface area contributed by atoms with Crippen molar-refractivity contribution in [3.8, 4) is 0 Å². The standard InChI is InChI=1S/C14H21NS/c1-10(2)16-12-7-5-11(6-8-12)13-14(3,4)9-15-13/h5-8,10,13,15H,9H2,1-4H3. The molecule has 1 aliphatic rings. The van der Waals surface area contributed by atoms with Crippen LogP contribution in [0.4, 0.5) is 0 Å². The van der Waals surface area contributed by atoms with Gasteiger partial charge >= 0.3 is 0 Å². The molecule has 1 saturated heterocycles. The Hall–Kier alpha value is -0.470. The Bertz CT molecular complexity index is 354. The molecule has 0 bridgehead atoms. The molecule has 1 N–H and O–H groups in total. The molecule has 1 aromatic carbocycles. The van der Waals surface area contributed by atoms with Crippen molar-refractivity contribution in [2.45, 2.75) is 43.9 Å². The van der Waals surface area contributed by atoms with Gasteiger partial charge in [0.1, 0.15) is 0 Å². The van der Waals surface area contributed by atoms with Gasteiger partial charge in [-0.1, -0.05) is 39.8 Å². The van der Waals surface area contributed by atoms with Gasteiger partial charge in [0.05, 0.1) is 0 Å². The van der Waals surface area contributed by atoms with Crippen LogP contribution in [0.3, 0.4) is 0 Å². The fraction of sp³-hybridized carbons (Fsp3) is 0.571. The second kappa shape index (κ2) is 4.42. The molecule has 1 heterocycles. The summed E-state index contributed by atoms with van der Waals surface area (Å²) in [4.78, 5) is 1.37. The fourth-order valence-corrected chi connectivity index (χ4v) is 3.03. The lowest BCUT2D eigenvalue weighted by atomic mass is 9.74. The Kier molecular flexibility index (Phi) is 3.32. The molecule has 1 unspecified atom stereocenters. The minimum Gasteiger partial charge on any atom is -0.309 e. The molecule has 0 aliphatic carbocycles. The van der Waals surface area contributed by atoms with Crippen LogP contribution in [0.5, 0.6) is 0 Å². The molecule has 1 nitrogen and oxygen atoms in total. The molecule has 88 valence electrons. The number of hydrogen-bond acceptors (Lipinski definition) is 2. The first-order valence-corrected chi connectivity index (χ1v) is 6.87. The number of benzene rings is 1. The van der Waals surface area contributed by atoms with Crippen molar-refractivity contribution < 1.29 is 0 Å². The van der Waals surface area contributed by atoms with Crippen LogP contribution in [0.15, 0.2) is 29.2 Å². The fourth-order valence-electron chi connectivity index (χ4n) is 2.19. The quantitative estimate of drug-likeness (QED) is 0.798. The summed E-state index contributed by atoms with van der Waals surface area (Å²) in [7, 11) is 0. The van der Waals surface area contributed by atoms with Crippen LogP contribution in [0, 0.1) is 5.41 Å². The van der Waals surface area contributed by atoms with Crippen molar-refractivity contribution >= 4 is 11.8 Å². The van der Waals surface area contributed by atoms with Gasteiger partial charge < -0.3 is 5.32 Å². The van der Waals surface area contributed by atoms with Gasteiger partial charge in [0, 0.05) is 22.7 Å². The lowest BCUT2D eigenvalue weighted by Gasteiger charge is -2.46. The summed E-state index contributed by atoms with van der Waals surface area (Å²) in [6.07, 6.45) is 0. The molecule has 2 heteroatoms. The first kappa shape index (κ1) is 12.0. The number of nitrogens with one attached hydrogen (secondary N) is 1. The van der Waals surface area contributed by atoms with Crippen molar-refractivity contribution in [3.63, 3.8) is 0 Å². The number of hydrogen-bond donors (Lipinski definition) is 1. The Balaban J connectivity index is 2.08. The first-order valence-electron chi connectivity index (χ1n) is 5.99. The molecule has 16 heavy (non-hydrogen) atoms. The minimum absolute atomic E-state index is 0.409. The molecule has 1 fully saturated rings. The van der Waals surface area contributed by atoms with Crippen LogP contribution in [0.25, 0.3) is 0 Å². The van der Waals surface area contributed by atoms with Crippen LogP contribution in [0.2, 0.25) is 0 Å². The summed E-state index contributed by atoms with van der Waals surface area (Å²) in [5.41, 5.74) is 1.83. The zero-order valence-electron chi connectivity index (χ0n) is 10.6. The molecular weight excluding hydrogens is 214 g/mol. The zero-order chi connectivity index (χ0) is 11.8. The van der Waals surface area contributed by atoms with E-state index in [0.29, 0.717) is 16.7 Å². The van der Waals surface area contributed by atoms with Gasteiger partial charge in [-0.2, -0.15) is 0 Å². The van der Waals surface area contributed by atoms with Crippen LogP contribution in [0.1, 0.15) is 39.3 Å². The van der Waals surface area contributed by atoms with Crippen LogP contribution in [-0.2, 0) is 0 Å². The third-order valence-corrected chi connectivity index (χ3v) is 4.14. The molecule has 0 saturated carbocycles. The van der Waals surface area contributed by atoms with Crippen molar-refractivity contribution in [1.82, 2.24) is 5.32 Å². The van der Waals surface area contributed by atoms with E-state index < -0.39 is 0 Å². The van der Waals surface area contributed by atoms with E-state index in [1.807, 2.05) is 11.8 Å².